The third-order valence-electron chi connectivity index (χ3n) is 4.56. The smallest absolute Gasteiger partial charge is 0.250 e. The molecule has 3 aromatic rings. The minimum atomic E-state index is -3.50. The van der Waals surface area contributed by atoms with Crippen LogP contribution in [-0.2, 0) is 20.6 Å². The van der Waals surface area contributed by atoms with E-state index in [1.54, 1.807) is 44.2 Å². The van der Waals surface area contributed by atoms with Gasteiger partial charge in [-0.25, -0.2) is 8.42 Å². The Morgan fingerprint density at radius 1 is 1.09 bits per heavy atom. The molecule has 0 saturated carbocycles. The van der Waals surface area contributed by atoms with Crippen molar-refractivity contribution in [1.29, 1.82) is 0 Å². The standard InChI is InChI=1S/C22H23ClN4O3S3/c1-3-27(4-2)33(29,30)19-12-7-16(8-13-19)9-14-20(28)24-21-25-26-22(32-21)31-15-17-5-10-18(23)11-6-17/h5-14H,3-4,15H2,1-2H3,(H,24,25,28)/b14-9+. The monoisotopic (exact) mass is 522 g/mol. The number of benzene rings is 2. The Kier molecular flexibility index (Phi) is 9.04. The first-order valence-corrected chi connectivity index (χ1v) is 13.7. The lowest BCUT2D eigenvalue weighted by atomic mass is 10.2. The molecule has 0 aliphatic carbocycles. The second-order valence-corrected chi connectivity index (χ2v) is 11.3. The fourth-order valence-corrected chi connectivity index (χ4v) is 6.12. The van der Waals surface area contributed by atoms with Crippen LogP contribution < -0.4 is 5.32 Å². The normalized spacial score (nSPS) is 11.9. The van der Waals surface area contributed by atoms with E-state index < -0.39 is 10.0 Å². The Morgan fingerprint density at radius 3 is 2.39 bits per heavy atom. The molecular weight excluding hydrogens is 500 g/mol. The first-order valence-electron chi connectivity index (χ1n) is 10.1. The number of anilines is 1. The van der Waals surface area contributed by atoms with Crippen molar-refractivity contribution < 1.29 is 13.2 Å². The summed E-state index contributed by atoms with van der Waals surface area (Å²) in [4.78, 5) is 12.4. The summed E-state index contributed by atoms with van der Waals surface area (Å²) in [6, 6.07) is 14.0. The summed E-state index contributed by atoms with van der Waals surface area (Å²) in [6.07, 6.45) is 2.98. The van der Waals surface area contributed by atoms with Crippen LogP contribution in [0.5, 0.6) is 0 Å². The molecule has 0 unspecified atom stereocenters. The fraction of sp³-hybridized carbons (Fsp3) is 0.227. The van der Waals surface area contributed by atoms with Crippen LogP contribution in [-0.4, -0.2) is 41.9 Å². The number of nitrogens with zero attached hydrogens (tertiary/aromatic N) is 3. The predicted octanol–water partition coefficient (Wildman–Crippen LogP) is 5.17. The number of carbonyl (C=O) groups is 1. The molecule has 1 N–H and O–H groups in total. The average molecular weight is 523 g/mol. The number of sulfonamides is 1. The van der Waals surface area contributed by atoms with E-state index in [4.69, 9.17) is 11.6 Å². The lowest BCUT2D eigenvalue weighted by Gasteiger charge is -2.18. The summed E-state index contributed by atoms with van der Waals surface area (Å²) in [5.41, 5.74) is 1.82. The molecule has 0 radical (unpaired) electrons. The number of nitrogens with one attached hydrogen (secondary N) is 1. The molecule has 174 valence electrons. The maximum atomic E-state index is 12.5. The lowest BCUT2D eigenvalue weighted by Crippen LogP contribution is -2.30. The van der Waals surface area contributed by atoms with Gasteiger partial charge in [0.1, 0.15) is 0 Å². The molecule has 0 aliphatic rings. The molecule has 7 nitrogen and oxygen atoms in total. The predicted molar refractivity (Wildman–Crippen MR) is 135 cm³/mol. The van der Waals surface area contributed by atoms with Crippen molar-refractivity contribution in [2.24, 2.45) is 0 Å². The zero-order valence-electron chi connectivity index (χ0n) is 18.1. The number of amides is 1. The van der Waals surface area contributed by atoms with Gasteiger partial charge in [0.05, 0.1) is 4.90 Å². The topological polar surface area (TPSA) is 92.3 Å². The number of halogens is 1. The first-order chi connectivity index (χ1) is 15.8. The van der Waals surface area contributed by atoms with Crippen LogP contribution in [0, 0.1) is 0 Å². The highest BCUT2D eigenvalue weighted by Crippen LogP contribution is 2.28. The number of rotatable bonds is 10. The number of carbonyl (C=O) groups excluding carboxylic acids is 1. The molecule has 0 saturated heterocycles. The summed E-state index contributed by atoms with van der Waals surface area (Å²) in [7, 11) is -3.50. The summed E-state index contributed by atoms with van der Waals surface area (Å²) < 4.78 is 27.2. The van der Waals surface area contributed by atoms with Crippen molar-refractivity contribution in [2.45, 2.75) is 28.8 Å². The Morgan fingerprint density at radius 2 is 1.76 bits per heavy atom. The zero-order chi connectivity index (χ0) is 23.8. The molecule has 33 heavy (non-hydrogen) atoms. The van der Waals surface area contributed by atoms with Crippen molar-refractivity contribution >= 4 is 61.8 Å². The molecule has 1 aromatic heterocycles. The van der Waals surface area contributed by atoms with E-state index >= 15 is 0 Å². The Hall–Kier alpha value is -2.24. The second kappa shape index (κ2) is 11.8. The maximum Gasteiger partial charge on any atom is 0.250 e. The van der Waals surface area contributed by atoms with E-state index in [1.165, 1.54) is 33.5 Å². The molecule has 1 heterocycles. The van der Waals surface area contributed by atoms with Crippen molar-refractivity contribution in [3.05, 3.63) is 70.8 Å². The van der Waals surface area contributed by atoms with Crippen molar-refractivity contribution in [2.75, 3.05) is 18.4 Å². The van der Waals surface area contributed by atoms with Crippen LogP contribution in [0.1, 0.15) is 25.0 Å². The van der Waals surface area contributed by atoms with Crippen LogP contribution in [0.25, 0.3) is 6.08 Å². The first kappa shape index (κ1) is 25.4. The van der Waals surface area contributed by atoms with Gasteiger partial charge in [0.25, 0.3) is 0 Å². The van der Waals surface area contributed by atoms with Crippen molar-refractivity contribution in [3.63, 3.8) is 0 Å². The summed E-state index contributed by atoms with van der Waals surface area (Å²) in [5.74, 6) is 0.375. The molecule has 3 rings (SSSR count). The third kappa shape index (κ3) is 7.12. The minimum absolute atomic E-state index is 0.227. The summed E-state index contributed by atoms with van der Waals surface area (Å²) in [6.45, 7) is 4.42. The Bertz CT molecular complexity index is 1210. The molecule has 0 atom stereocenters. The number of hydrogen-bond acceptors (Lipinski definition) is 7. The number of hydrogen-bond donors (Lipinski definition) is 1. The van der Waals surface area contributed by atoms with Gasteiger partial charge < -0.3 is 0 Å². The largest absolute Gasteiger partial charge is 0.297 e. The van der Waals surface area contributed by atoms with Gasteiger partial charge in [-0.15, -0.1) is 10.2 Å². The SMILES string of the molecule is CCN(CC)S(=O)(=O)c1ccc(/C=C/C(=O)Nc2nnc(SCc3ccc(Cl)cc3)s2)cc1. The van der Waals surface area contributed by atoms with Gasteiger partial charge in [-0.05, 0) is 41.5 Å². The Balaban J connectivity index is 1.54. The quantitative estimate of drug-likeness (QED) is 0.224. The highest BCUT2D eigenvalue weighted by Gasteiger charge is 2.20. The molecule has 11 heteroatoms. The number of aromatic nitrogens is 2. The van der Waals surface area contributed by atoms with Crippen molar-refractivity contribution in [3.8, 4) is 0 Å². The van der Waals surface area contributed by atoms with E-state index in [0.717, 1.165) is 15.7 Å². The van der Waals surface area contributed by atoms with Gasteiger partial charge in [0.15, 0.2) is 4.34 Å². The van der Waals surface area contributed by atoms with Crippen LogP contribution in [0.3, 0.4) is 0 Å². The van der Waals surface area contributed by atoms with Gasteiger partial charge in [-0.2, -0.15) is 4.31 Å². The lowest BCUT2D eigenvalue weighted by molar-refractivity contribution is -0.111. The summed E-state index contributed by atoms with van der Waals surface area (Å²) >= 11 is 8.71. The molecule has 0 fully saturated rings. The Labute approximate surface area is 206 Å². The summed E-state index contributed by atoms with van der Waals surface area (Å²) in [5, 5.41) is 11.9. The van der Waals surface area contributed by atoms with Crippen LogP contribution >= 0.6 is 34.7 Å². The van der Waals surface area contributed by atoms with Gasteiger partial charge in [0.2, 0.25) is 21.1 Å². The van der Waals surface area contributed by atoms with E-state index in [9.17, 15) is 13.2 Å². The highest BCUT2D eigenvalue weighted by atomic mass is 35.5. The van der Waals surface area contributed by atoms with Gasteiger partial charge >= 0.3 is 0 Å². The van der Waals surface area contributed by atoms with E-state index in [-0.39, 0.29) is 10.8 Å². The van der Waals surface area contributed by atoms with E-state index in [2.05, 4.69) is 15.5 Å². The van der Waals surface area contributed by atoms with E-state index in [0.29, 0.717) is 28.8 Å². The molecule has 2 aromatic carbocycles. The van der Waals surface area contributed by atoms with Gasteiger partial charge in [0, 0.05) is 29.9 Å². The zero-order valence-corrected chi connectivity index (χ0v) is 21.3. The molecule has 0 spiro atoms. The van der Waals surface area contributed by atoms with Gasteiger partial charge in [-0.1, -0.05) is 72.8 Å². The maximum absolute atomic E-state index is 12.5. The third-order valence-corrected chi connectivity index (χ3v) is 8.92. The average Bonchev–Trinajstić information content (AvgIpc) is 3.25. The molecule has 0 bridgehead atoms. The van der Waals surface area contributed by atoms with Gasteiger partial charge in [-0.3, -0.25) is 10.1 Å². The van der Waals surface area contributed by atoms with Crippen molar-refractivity contribution in [1.82, 2.24) is 14.5 Å². The number of thioether (sulfide) groups is 1. The molecule has 1 amide bonds. The fourth-order valence-electron chi connectivity index (χ4n) is 2.83. The van der Waals surface area contributed by atoms with Crippen LogP contribution in [0.2, 0.25) is 5.02 Å². The van der Waals surface area contributed by atoms with Crippen LogP contribution in [0.4, 0.5) is 5.13 Å². The molecule has 0 aliphatic heterocycles. The highest BCUT2D eigenvalue weighted by molar-refractivity contribution is 8.00. The molecular formula is C22H23ClN4O3S3. The minimum Gasteiger partial charge on any atom is -0.297 e. The second-order valence-electron chi connectivity index (χ2n) is 6.77. The van der Waals surface area contributed by atoms with Crippen LogP contribution in [0.15, 0.2) is 63.8 Å². The van der Waals surface area contributed by atoms with E-state index in [1.807, 2.05) is 24.3 Å².